The van der Waals surface area contributed by atoms with E-state index >= 15 is 0 Å². The molecule has 0 aromatic heterocycles. The van der Waals surface area contributed by atoms with Crippen LogP contribution in [0.1, 0.15) is 35.6 Å². The number of benzene rings is 1. The average Bonchev–Trinajstić information content (AvgIpc) is 2.80. The Labute approximate surface area is 111 Å². The van der Waals surface area contributed by atoms with Crippen LogP contribution in [0.2, 0.25) is 0 Å². The smallest absolute Gasteiger partial charge is 0.312 e. The number of nitrogens with one attached hydrogen (secondary N) is 2. The quantitative estimate of drug-likeness (QED) is 0.632. The predicted octanol–water partition coefficient (Wildman–Crippen LogP) is 0.734. The first-order valence-corrected chi connectivity index (χ1v) is 6.70. The van der Waals surface area contributed by atoms with Crippen LogP contribution in [-0.4, -0.2) is 22.4 Å². The molecule has 1 aliphatic carbocycles. The Morgan fingerprint density at radius 3 is 2.63 bits per heavy atom. The Morgan fingerprint density at radius 2 is 1.89 bits per heavy atom. The first-order chi connectivity index (χ1) is 9.16. The van der Waals surface area contributed by atoms with Crippen molar-refractivity contribution in [2.24, 2.45) is 5.92 Å². The second-order valence-corrected chi connectivity index (χ2v) is 5.31. The number of carboxylic acids is 1. The molecule has 19 heavy (non-hydrogen) atoms. The highest BCUT2D eigenvalue weighted by Gasteiger charge is 2.41. The average molecular weight is 262 g/mol. The van der Waals surface area contributed by atoms with E-state index in [0.717, 1.165) is 18.4 Å². The minimum Gasteiger partial charge on any atom is -0.481 e. The number of hydrogen-bond acceptors (Lipinski definition) is 4. The molecule has 4 N–H and O–H groups in total. The van der Waals surface area contributed by atoms with Gasteiger partial charge in [0.2, 0.25) is 0 Å². The maximum Gasteiger partial charge on any atom is 0.312 e. The highest BCUT2D eigenvalue weighted by Crippen LogP contribution is 2.31. The van der Waals surface area contributed by atoms with Gasteiger partial charge in [0.1, 0.15) is 12.1 Å². The second-order valence-electron chi connectivity index (χ2n) is 5.31. The van der Waals surface area contributed by atoms with Crippen molar-refractivity contribution in [1.82, 2.24) is 10.9 Å². The third-order valence-corrected chi connectivity index (χ3v) is 4.10. The number of hydrogen-bond donors (Lipinski definition) is 4. The summed E-state index contributed by atoms with van der Waals surface area (Å²) in [6.45, 7) is 0. The van der Waals surface area contributed by atoms with E-state index < -0.39 is 18.1 Å². The number of aliphatic carboxylic acids is 1. The van der Waals surface area contributed by atoms with Crippen molar-refractivity contribution in [2.75, 3.05) is 0 Å². The molecule has 0 spiro atoms. The Morgan fingerprint density at radius 1 is 1.16 bits per heavy atom. The normalized spacial score (nSPS) is 30.1. The summed E-state index contributed by atoms with van der Waals surface area (Å²) in [6, 6.07) is 5.76. The van der Waals surface area contributed by atoms with Gasteiger partial charge >= 0.3 is 5.97 Å². The molecule has 5 heteroatoms. The molecule has 3 atom stereocenters. The van der Waals surface area contributed by atoms with Gasteiger partial charge in [-0.25, -0.2) is 10.9 Å². The SMILES string of the molecule is O=C(O)C1C(O)NNC1c1ccc2c(c1)CCCC2. The van der Waals surface area contributed by atoms with Gasteiger partial charge in [0, 0.05) is 0 Å². The summed E-state index contributed by atoms with van der Waals surface area (Å²) in [5, 5.41) is 18.9. The van der Waals surface area contributed by atoms with Crippen LogP contribution in [0.3, 0.4) is 0 Å². The molecular weight excluding hydrogens is 244 g/mol. The summed E-state index contributed by atoms with van der Waals surface area (Å²) < 4.78 is 0. The van der Waals surface area contributed by atoms with E-state index in [0.29, 0.717) is 0 Å². The van der Waals surface area contributed by atoms with Gasteiger partial charge in [-0.3, -0.25) is 4.79 Å². The molecule has 2 aliphatic rings. The third kappa shape index (κ3) is 2.25. The van der Waals surface area contributed by atoms with Gasteiger partial charge in [-0.05, 0) is 42.4 Å². The molecular formula is C14H18N2O3. The topological polar surface area (TPSA) is 81.6 Å². The summed E-state index contributed by atoms with van der Waals surface area (Å²) >= 11 is 0. The third-order valence-electron chi connectivity index (χ3n) is 4.10. The molecule has 3 unspecified atom stereocenters. The van der Waals surface area contributed by atoms with Crippen LogP contribution in [0, 0.1) is 5.92 Å². The van der Waals surface area contributed by atoms with E-state index in [-0.39, 0.29) is 6.04 Å². The van der Waals surface area contributed by atoms with Crippen LogP contribution in [0.25, 0.3) is 0 Å². The van der Waals surface area contributed by atoms with Crippen molar-refractivity contribution in [1.29, 1.82) is 0 Å². The lowest BCUT2D eigenvalue weighted by molar-refractivity contribution is -0.145. The fraction of sp³-hybridized carbons (Fsp3) is 0.500. The maximum absolute atomic E-state index is 11.2. The van der Waals surface area contributed by atoms with E-state index in [1.54, 1.807) is 0 Å². The van der Waals surface area contributed by atoms with Crippen molar-refractivity contribution in [3.8, 4) is 0 Å². The van der Waals surface area contributed by atoms with E-state index in [1.165, 1.54) is 24.0 Å². The molecule has 102 valence electrons. The summed E-state index contributed by atoms with van der Waals surface area (Å²) in [5.41, 5.74) is 9.10. The van der Waals surface area contributed by atoms with Gasteiger partial charge in [-0.15, -0.1) is 0 Å². The number of hydrazine groups is 1. The Kier molecular flexibility index (Phi) is 3.26. The molecule has 1 heterocycles. The molecule has 3 rings (SSSR count). The Bertz CT molecular complexity index is 503. The molecule has 1 aromatic carbocycles. The molecule has 0 bridgehead atoms. The van der Waals surface area contributed by atoms with Gasteiger partial charge < -0.3 is 10.2 Å². The van der Waals surface area contributed by atoms with Crippen LogP contribution in [-0.2, 0) is 17.6 Å². The highest BCUT2D eigenvalue weighted by molar-refractivity contribution is 5.72. The van der Waals surface area contributed by atoms with E-state index in [2.05, 4.69) is 23.0 Å². The minimum absolute atomic E-state index is 0.389. The largest absolute Gasteiger partial charge is 0.481 e. The molecule has 5 nitrogen and oxygen atoms in total. The lowest BCUT2D eigenvalue weighted by Gasteiger charge is -2.21. The second kappa shape index (κ2) is 4.92. The number of rotatable bonds is 2. The predicted molar refractivity (Wildman–Crippen MR) is 69.2 cm³/mol. The number of aliphatic hydroxyl groups excluding tert-OH is 1. The van der Waals surface area contributed by atoms with Gasteiger partial charge in [-0.1, -0.05) is 18.2 Å². The summed E-state index contributed by atoms with van der Waals surface area (Å²) in [7, 11) is 0. The fourth-order valence-electron chi connectivity index (χ4n) is 3.05. The zero-order valence-electron chi connectivity index (χ0n) is 10.6. The first-order valence-electron chi connectivity index (χ1n) is 6.70. The van der Waals surface area contributed by atoms with Crippen molar-refractivity contribution in [3.05, 3.63) is 34.9 Å². The van der Waals surface area contributed by atoms with Crippen molar-refractivity contribution >= 4 is 5.97 Å². The molecule has 1 aliphatic heterocycles. The standard InChI is InChI=1S/C14H18N2O3/c17-13-11(14(18)19)12(15-16-13)10-6-5-8-3-1-2-4-9(8)7-10/h5-7,11-13,15-17H,1-4H2,(H,18,19). The van der Waals surface area contributed by atoms with Crippen LogP contribution in [0.4, 0.5) is 0 Å². The van der Waals surface area contributed by atoms with Gasteiger partial charge in [0.15, 0.2) is 0 Å². The first kappa shape index (κ1) is 12.6. The Balaban J connectivity index is 1.91. The van der Waals surface area contributed by atoms with Crippen LogP contribution in [0.5, 0.6) is 0 Å². The molecule has 0 saturated carbocycles. The summed E-state index contributed by atoms with van der Waals surface area (Å²) in [6.07, 6.45) is 3.53. The van der Waals surface area contributed by atoms with Gasteiger partial charge in [0.05, 0.1) is 6.04 Å². The highest BCUT2D eigenvalue weighted by atomic mass is 16.4. The van der Waals surface area contributed by atoms with E-state index in [9.17, 15) is 15.0 Å². The Hall–Kier alpha value is -1.43. The molecule has 0 amide bonds. The molecule has 0 radical (unpaired) electrons. The maximum atomic E-state index is 11.2. The van der Waals surface area contributed by atoms with Crippen molar-refractivity contribution in [2.45, 2.75) is 38.0 Å². The number of carboxylic acid groups (broad SMARTS) is 1. The van der Waals surface area contributed by atoms with Crippen LogP contribution >= 0.6 is 0 Å². The number of aryl methyl sites for hydroxylation is 2. The van der Waals surface area contributed by atoms with E-state index in [1.807, 2.05) is 6.07 Å². The fourth-order valence-corrected chi connectivity index (χ4v) is 3.05. The molecule has 1 saturated heterocycles. The zero-order valence-corrected chi connectivity index (χ0v) is 10.6. The number of fused-ring (bicyclic) bond motifs is 1. The van der Waals surface area contributed by atoms with Crippen molar-refractivity contribution in [3.63, 3.8) is 0 Å². The zero-order chi connectivity index (χ0) is 13.4. The van der Waals surface area contributed by atoms with Crippen molar-refractivity contribution < 1.29 is 15.0 Å². The molecule has 1 fully saturated rings. The molecule has 1 aromatic rings. The monoisotopic (exact) mass is 262 g/mol. The minimum atomic E-state index is -1.06. The van der Waals surface area contributed by atoms with Crippen LogP contribution < -0.4 is 10.9 Å². The van der Waals surface area contributed by atoms with Crippen LogP contribution in [0.15, 0.2) is 18.2 Å². The van der Waals surface area contributed by atoms with E-state index in [4.69, 9.17) is 0 Å². The number of carbonyl (C=O) groups is 1. The lowest BCUT2D eigenvalue weighted by Crippen LogP contribution is -2.33. The van der Waals surface area contributed by atoms with Gasteiger partial charge in [-0.2, -0.15) is 0 Å². The summed E-state index contributed by atoms with van der Waals surface area (Å²) in [5.74, 6) is -1.85. The summed E-state index contributed by atoms with van der Waals surface area (Å²) in [4.78, 5) is 11.2. The lowest BCUT2D eigenvalue weighted by atomic mass is 9.86. The number of aliphatic hydroxyl groups is 1. The van der Waals surface area contributed by atoms with Gasteiger partial charge in [0.25, 0.3) is 0 Å².